The highest BCUT2D eigenvalue weighted by Gasteiger charge is 1.97. The van der Waals surface area contributed by atoms with E-state index in [0.717, 1.165) is 0 Å². The van der Waals surface area contributed by atoms with E-state index in [-0.39, 0.29) is 0 Å². The third kappa shape index (κ3) is 8.08. The highest BCUT2D eigenvalue weighted by Crippen LogP contribution is 2.15. The standard InChI is InChI=1S/C19H31/c1-3-4-5-6-7-8-9-10-11-12-16-19-17-14-13-15-18(19)2/h13-17H,3-12H2,1-2H3. The van der Waals surface area contributed by atoms with Crippen molar-refractivity contribution in [2.45, 2.75) is 78.1 Å². The highest BCUT2D eigenvalue weighted by molar-refractivity contribution is 5.31. The molecular weight excluding hydrogens is 228 g/mol. The van der Waals surface area contributed by atoms with E-state index in [9.17, 15) is 0 Å². The van der Waals surface area contributed by atoms with Crippen LogP contribution in [0.2, 0.25) is 0 Å². The monoisotopic (exact) mass is 259 g/mol. The van der Waals surface area contributed by atoms with Crippen molar-refractivity contribution in [1.29, 1.82) is 0 Å². The molecular formula is C19H31. The van der Waals surface area contributed by atoms with Gasteiger partial charge < -0.3 is 0 Å². The quantitative estimate of drug-likeness (QED) is 0.400. The number of aryl methyl sites for hydroxylation is 1. The minimum atomic E-state index is 1.24. The molecule has 0 atom stereocenters. The summed E-state index contributed by atoms with van der Waals surface area (Å²) in [7, 11) is 0. The van der Waals surface area contributed by atoms with E-state index in [1.54, 1.807) is 0 Å². The molecule has 107 valence electrons. The van der Waals surface area contributed by atoms with Gasteiger partial charge in [-0.1, -0.05) is 89.0 Å². The fraction of sp³-hybridized carbons (Fsp3) is 0.632. The Morgan fingerprint density at radius 2 is 1.37 bits per heavy atom. The van der Waals surface area contributed by atoms with E-state index in [4.69, 9.17) is 0 Å². The summed E-state index contributed by atoms with van der Waals surface area (Å²) in [5.41, 5.74) is 2.82. The maximum absolute atomic E-state index is 2.40. The van der Waals surface area contributed by atoms with Gasteiger partial charge in [-0.15, -0.1) is 0 Å². The zero-order valence-electron chi connectivity index (χ0n) is 13.0. The van der Waals surface area contributed by atoms with Gasteiger partial charge >= 0.3 is 0 Å². The summed E-state index contributed by atoms with van der Waals surface area (Å²) in [5, 5.41) is 0. The van der Waals surface area contributed by atoms with Gasteiger partial charge in [0.15, 0.2) is 0 Å². The van der Waals surface area contributed by atoms with Crippen molar-refractivity contribution in [3.8, 4) is 0 Å². The van der Waals surface area contributed by atoms with Crippen molar-refractivity contribution in [3.63, 3.8) is 0 Å². The third-order valence-electron chi connectivity index (χ3n) is 3.86. The molecule has 1 aromatic rings. The Labute approximate surface area is 120 Å². The van der Waals surface area contributed by atoms with Crippen molar-refractivity contribution in [2.24, 2.45) is 0 Å². The second-order valence-corrected chi connectivity index (χ2v) is 5.68. The van der Waals surface area contributed by atoms with E-state index >= 15 is 0 Å². The van der Waals surface area contributed by atoms with Gasteiger partial charge in [0, 0.05) is 0 Å². The van der Waals surface area contributed by atoms with Crippen molar-refractivity contribution in [2.75, 3.05) is 0 Å². The number of hydrogen-bond acceptors (Lipinski definition) is 0. The van der Waals surface area contributed by atoms with Crippen molar-refractivity contribution >= 4 is 0 Å². The van der Waals surface area contributed by atoms with Crippen LogP contribution < -0.4 is 0 Å². The number of hydrogen-bond donors (Lipinski definition) is 0. The van der Waals surface area contributed by atoms with Gasteiger partial charge in [0.25, 0.3) is 0 Å². The first-order valence-electron chi connectivity index (χ1n) is 8.23. The molecule has 0 amide bonds. The minimum Gasteiger partial charge on any atom is -0.0654 e. The van der Waals surface area contributed by atoms with Crippen molar-refractivity contribution in [3.05, 3.63) is 41.8 Å². The fourth-order valence-electron chi connectivity index (χ4n) is 2.53. The normalized spacial score (nSPS) is 10.8. The molecule has 1 aromatic carbocycles. The molecule has 0 aliphatic carbocycles. The lowest BCUT2D eigenvalue weighted by Gasteiger charge is -2.05. The summed E-state index contributed by atoms with van der Waals surface area (Å²) < 4.78 is 0. The van der Waals surface area contributed by atoms with Gasteiger partial charge in [-0.2, -0.15) is 0 Å². The maximum atomic E-state index is 2.40. The molecule has 19 heavy (non-hydrogen) atoms. The SMILES string of the molecule is CCCCCCCCCCC[CH]c1ccccc1C. The lowest BCUT2D eigenvalue weighted by molar-refractivity contribution is 0.564. The molecule has 0 unspecified atom stereocenters. The van der Waals surface area contributed by atoms with Crippen LogP contribution in [0.1, 0.15) is 82.3 Å². The summed E-state index contributed by atoms with van der Waals surface area (Å²) in [6, 6.07) is 8.67. The predicted octanol–water partition coefficient (Wildman–Crippen LogP) is 6.47. The number of rotatable bonds is 11. The van der Waals surface area contributed by atoms with Crippen LogP contribution in [-0.2, 0) is 0 Å². The molecule has 0 heterocycles. The Morgan fingerprint density at radius 3 is 2.00 bits per heavy atom. The van der Waals surface area contributed by atoms with Crippen molar-refractivity contribution < 1.29 is 0 Å². The molecule has 0 saturated heterocycles. The second-order valence-electron chi connectivity index (χ2n) is 5.68. The number of benzene rings is 1. The summed E-state index contributed by atoms with van der Waals surface area (Å²) in [5.74, 6) is 0. The van der Waals surface area contributed by atoms with Gasteiger partial charge in [-0.25, -0.2) is 0 Å². The predicted molar refractivity (Wildman–Crippen MR) is 86.4 cm³/mol. The molecule has 0 bridgehead atoms. The van der Waals surface area contributed by atoms with Crippen LogP contribution in [0, 0.1) is 13.3 Å². The first-order valence-corrected chi connectivity index (χ1v) is 8.23. The highest BCUT2D eigenvalue weighted by atomic mass is 14.0. The molecule has 0 heteroatoms. The van der Waals surface area contributed by atoms with E-state index < -0.39 is 0 Å². The van der Waals surface area contributed by atoms with Crippen LogP contribution in [0.5, 0.6) is 0 Å². The molecule has 0 N–H and O–H groups in total. The first-order chi connectivity index (χ1) is 9.34. The minimum absolute atomic E-state index is 1.24. The Hall–Kier alpha value is -0.780. The number of unbranched alkanes of at least 4 members (excludes halogenated alkanes) is 9. The van der Waals surface area contributed by atoms with Crippen LogP contribution in [0.15, 0.2) is 24.3 Å². The van der Waals surface area contributed by atoms with E-state index in [1.807, 2.05) is 0 Å². The van der Waals surface area contributed by atoms with Crippen LogP contribution >= 0.6 is 0 Å². The molecule has 0 fully saturated rings. The summed E-state index contributed by atoms with van der Waals surface area (Å²) in [4.78, 5) is 0. The average Bonchev–Trinajstić information content (AvgIpc) is 2.43. The molecule has 0 aliphatic rings. The van der Waals surface area contributed by atoms with Gasteiger partial charge in [0.05, 0.1) is 0 Å². The zero-order valence-corrected chi connectivity index (χ0v) is 13.0. The van der Waals surface area contributed by atoms with E-state index in [0.29, 0.717) is 0 Å². The molecule has 0 saturated carbocycles. The summed E-state index contributed by atoms with van der Waals surface area (Å²) in [6.45, 7) is 4.48. The van der Waals surface area contributed by atoms with Gasteiger partial charge in [0.2, 0.25) is 0 Å². The van der Waals surface area contributed by atoms with E-state index in [1.165, 1.54) is 75.3 Å². The summed E-state index contributed by atoms with van der Waals surface area (Å²) >= 11 is 0. The van der Waals surface area contributed by atoms with Crippen LogP contribution in [-0.4, -0.2) is 0 Å². The second kappa shape index (κ2) is 11.1. The first kappa shape index (κ1) is 16.3. The lowest BCUT2D eigenvalue weighted by atomic mass is 10.0. The lowest BCUT2D eigenvalue weighted by Crippen LogP contribution is -1.87. The summed E-state index contributed by atoms with van der Waals surface area (Å²) in [6.07, 6.45) is 16.4. The van der Waals surface area contributed by atoms with Gasteiger partial charge in [-0.05, 0) is 30.9 Å². The largest absolute Gasteiger partial charge is 0.0654 e. The Bertz CT molecular complexity index is 314. The van der Waals surface area contributed by atoms with Crippen LogP contribution in [0.3, 0.4) is 0 Å². The maximum Gasteiger partial charge on any atom is -0.00904 e. The van der Waals surface area contributed by atoms with Crippen LogP contribution in [0.25, 0.3) is 0 Å². The van der Waals surface area contributed by atoms with Crippen molar-refractivity contribution in [1.82, 2.24) is 0 Å². The topological polar surface area (TPSA) is 0 Å². The third-order valence-corrected chi connectivity index (χ3v) is 3.86. The fourth-order valence-corrected chi connectivity index (χ4v) is 2.53. The molecule has 1 radical (unpaired) electrons. The molecule has 1 rings (SSSR count). The molecule has 0 aromatic heterocycles. The smallest absolute Gasteiger partial charge is 0.00904 e. The van der Waals surface area contributed by atoms with E-state index in [2.05, 4.69) is 44.5 Å². The van der Waals surface area contributed by atoms with Crippen LogP contribution in [0.4, 0.5) is 0 Å². The Kier molecular flexibility index (Phi) is 9.49. The average molecular weight is 259 g/mol. The Morgan fingerprint density at radius 1 is 0.789 bits per heavy atom. The Balaban J connectivity index is 1.90. The molecule has 0 aliphatic heterocycles. The van der Waals surface area contributed by atoms with Gasteiger partial charge in [0.1, 0.15) is 0 Å². The molecule has 0 spiro atoms. The zero-order chi connectivity index (χ0) is 13.8. The molecule has 0 nitrogen and oxygen atoms in total. The van der Waals surface area contributed by atoms with Gasteiger partial charge in [-0.3, -0.25) is 0 Å².